The minimum atomic E-state index is -0.997. The number of carboxylic acid groups (broad SMARTS) is 1. The molecule has 1 atom stereocenters. The number of carboxylic acids is 1. The Balaban J connectivity index is 2.25. The fraction of sp³-hybridized carbons (Fsp3) is 0.867. The quantitative estimate of drug-likeness (QED) is 0.570. The van der Waals surface area contributed by atoms with Crippen molar-refractivity contribution in [1.82, 2.24) is 15.5 Å². The van der Waals surface area contributed by atoms with Crippen LogP contribution in [0.5, 0.6) is 0 Å². The van der Waals surface area contributed by atoms with Crippen LogP contribution in [0.1, 0.15) is 33.6 Å². The molecule has 0 radical (unpaired) electrons. The third-order valence-electron chi connectivity index (χ3n) is 4.47. The van der Waals surface area contributed by atoms with E-state index in [0.717, 1.165) is 39.1 Å². The zero-order valence-electron chi connectivity index (χ0n) is 13.4. The standard InChI is InChI=1S/C15H29N3O3/c1-12(2)15(3,14(20)21)11-13(19)17-5-4-8-18-9-6-16-7-10-18/h12,16H,4-11H2,1-3H3,(H,17,19)(H,20,21). The highest BCUT2D eigenvalue weighted by Gasteiger charge is 2.38. The lowest BCUT2D eigenvalue weighted by molar-refractivity contribution is -0.153. The number of nitrogens with zero attached hydrogens (tertiary/aromatic N) is 1. The van der Waals surface area contributed by atoms with Crippen molar-refractivity contribution < 1.29 is 14.7 Å². The third-order valence-corrected chi connectivity index (χ3v) is 4.47. The maximum atomic E-state index is 11.9. The number of aliphatic carboxylic acids is 1. The molecule has 1 unspecified atom stereocenters. The molecule has 21 heavy (non-hydrogen) atoms. The van der Waals surface area contributed by atoms with Crippen LogP contribution in [-0.2, 0) is 9.59 Å². The molecule has 0 saturated carbocycles. The summed E-state index contributed by atoms with van der Waals surface area (Å²) in [6, 6.07) is 0. The van der Waals surface area contributed by atoms with Gasteiger partial charge < -0.3 is 20.6 Å². The lowest BCUT2D eigenvalue weighted by atomic mass is 9.76. The van der Waals surface area contributed by atoms with Gasteiger partial charge in [0.05, 0.1) is 5.41 Å². The third kappa shape index (κ3) is 5.63. The maximum Gasteiger partial charge on any atom is 0.310 e. The lowest BCUT2D eigenvalue weighted by Gasteiger charge is -2.28. The summed E-state index contributed by atoms with van der Waals surface area (Å²) in [5.41, 5.74) is -0.997. The number of carbonyl (C=O) groups excluding carboxylic acids is 1. The van der Waals surface area contributed by atoms with E-state index in [9.17, 15) is 14.7 Å². The molecule has 1 aliphatic heterocycles. The summed E-state index contributed by atoms with van der Waals surface area (Å²) >= 11 is 0. The molecule has 122 valence electrons. The second-order valence-electron chi connectivity index (χ2n) is 6.35. The minimum Gasteiger partial charge on any atom is -0.481 e. The summed E-state index contributed by atoms with van der Waals surface area (Å²) in [6.45, 7) is 11.1. The first kappa shape index (κ1) is 17.9. The number of nitrogens with one attached hydrogen (secondary N) is 2. The molecular formula is C15H29N3O3. The van der Waals surface area contributed by atoms with Crippen molar-refractivity contribution in [2.24, 2.45) is 11.3 Å². The van der Waals surface area contributed by atoms with E-state index < -0.39 is 11.4 Å². The van der Waals surface area contributed by atoms with Gasteiger partial charge in [-0.3, -0.25) is 9.59 Å². The maximum absolute atomic E-state index is 11.9. The van der Waals surface area contributed by atoms with Gasteiger partial charge in [0.1, 0.15) is 0 Å². The van der Waals surface area contributed by atoms with Crippen LogP contribution < -0.4 is 10.6 Å². The molecule has 6 heteroatoms. The summed E-state index contributed by atoms with van der Waals surface area (Å²) in [4.78, 5) is 25.6. The summed E-state index contributed by atoms with van der Waals surface area (Å²) in [6.07, 6.45) is 0.935. The van der Waals surface area contributed by atoms with E-state index in [1.807, 2.05) is 13.8 Å². The predicted octanol–water partition coefficient (Wildman–Crippen LogP) is 0.535. The van der Waals surface area contributed by atoms with Crippen LogP contribution in [0, 0.1) is 11.3 Å². The van der Waals surface area contributed by atoms with Crippen molar-refractivity contribution in [2.45, 2.75) is 33.6 Å². The van der Waals surface area contributed by atoms with Crippen LogP contribution in [-0.4, -0.2) is 61.2 Å². The van der Waals surface area contributed by atoms with E-state index in [2.05, 4.69) is 15.5 Å². The van der Waals surface area contributed by atoms with E-state index in [1.165, 1.54) is 0 Å². The monoisotopic (exact) mass is 299 g/mol. The Labute approximate surface area is 127 Å². The minimum absolute atomic E-state index is 0.0354. The van der Waals surface area contributed by atoms with Gasteiger partial charge in [-0.2, -0.15) is 0 Å². The molecular weight excluding hydrogens is 270 g/mol. The number of carbonyl (C=O) groups is 2. The number of hydrogen-bond acceptors (Lipinski definition) is 4. The van der Waals surface area contributed by atoms with E-state index in [1.54, 1.807) is 6.92 Å². The highest BCUT2D eigenvalue weighted by atomic mass is 16.4. The highest BCUT2D eigenvalue weighted by molar-refractivity contribution is 5.84. The van der Waals surface area contributed by atoms with Crippen molar-refractivity contribution in [2.75, 3.05) is 39.3 Å². The van der Waals surface area contributed by atoms with Crippen LogP contribution in [0.2, 0.25) is 0 Å². The summed E-state index contributed by atoms with van der Waals surface area (Å²) < 4.78 is 0. The largest absolute Gasteiger partial charge is 0.481 e. The Morgan fingerprint density at radius 3 is 2.48 bits per heavy atom. The molecule has 0 aliphatic carbocycles. The van der Waals surface area contributed by atoms with Gasteiger partial charge in [-0.1, -0.05) is 13.8 Å². The molecule has 0 bridgehead atoms. The molecule has 1 amide bonds. The average Bonchev–Trinajstić information content (AvgIpc) is 2.44. The van der Waals surface area contributed by atoms with E-state index >= 15 is 0 Å². The first-order chi connectivity index (χ1) is 9.86. The molecule has 1 aliphatic rings. The van der Waals surface area contributed by atoms with Gasteiger partial charge in [-0.05, 0) is 25.8 Å². The molecule has 0 spiro atoms. The Kier molecular flexibility index (Phi) is 7.11. The van der Waals surface area contributed by atoms with Crippen molar-refractivity contribution >= 4 is 11.9 Å². The molecule has 1 saturated heterocycles. The fourth-order valence-electron chi connectivity index (χ4n) is 2.39. The fourth-order valence-corrected chi connectivity index (χ4v) is 2.39. The van der Waals surface area contributed by atoms with Crippen molar-refractivity contribution in [1.29, 1.82) is 0 Å². The van der Waals surface area contributed by atoms with Crippen molar-refractivity contribution in [3.8, 4) is 0 Å². The SMILES string of the molecule is CC(C)C(C)(CC(=O)NCCCN1CCNCC1)C(=O)O. The normalized spacial score (nSPS) is 19.2. The van der Waals surface area contributed by atoms with Gasteiger partial charge in [-0.25, -0.2) is 0 Å². The van der Waals surface area contributed by atoms with Crippen LogP contribution in [0.25, 0.3) is 0 Å². The number of piperazine rings is 1. The van der Waals surface area contributed by atoms with Crippen LogP contribution in [0.15, 0.2) is 0 Å². The summed E-state index contributed by atoms with van der Waals surface area (Å²) in [7, 11) is 0. The van der Waals surface area contributed by atoms with Crippen LogP contribution in [0.3, 0.4) is 0 Å². The summed E-state index contributed by atoms with van der Waals surface area (Å²) in [5.74, 6) is -1.16. The smallest absolute Gasteiger partial charge is 0.310 e. The molecule has 1 fully saturated rings. The van der Waals surface area contributed by atoms with Gasteiger partial charge in [0.15, 0.2) is 0 Å². The Bertz CT molecular complexity index is 354. The first-order valence-electron chi connectivity index (χ1n) is 7.79. The molecule has 1 heterocycles. The Hall–Kier alpha value is -1.14. The Morgan fingerprint density at radius 2 is 1.95 bits per heavy atom. The predicted molar refractivity (Wildman–Crippen MR) is 82.1 cm³/mol. The second-order valence-corrected chi connectivity index (χ2v) is 6.35. The lowest BCUT2D eigenvalue weighted by Crippen LogP contribution is -2.44. The average molecular weight is 299 g/mol. The molecule has 0 aromatic heterocycles. The van der Waals surface area contributed by atoms with Gasteiger partial charge in [0, 0.05) is 39.1 Å². The highest BCUT2D eigenvalue weighted by Crippen LogP contribution is 2.31. The first-order valence-corrected chi connectivity index (χ1v) is 7.79. The number of amides is 1. The second kappa shape index (κ2) is 8.34. The molecule has 0 aromatic carbocycles. The molecule has 3 N–H and O–H groups in total. The zero-order valence-corrected chi connectivity index (χ0v) is 13.4. The van der Waals surface area contributed by atoms with Crippen LogP contribution in [0.4, 0.5) is 0 Å². The van der Waals surface area contributed by atoms with E-state index in [4.69, 9.17) is 0 Å². The topological polar surface area (TPSA) is 81.7 Å². The summed E-state index contributed by atoms with van der Waals surface area (Å²) in [5, 5.41) is 15.4. The van der Waals surface area contributed by atoms with Gasteiger partial charge in [0.2, 0.25) is 5.91 Å². The zero-order chi connectivity index (χ0) is 15.9. The van der Waals surface area contributed by atoms with Crippen molar-refractivity contribution in [3.05, 3.63) is 0 Å². The number of hydrogen-bond donors (Lipinski definition) is 3. The van der Waals surface area contributed by atoms with Crippen molar-refractivity contribution in [3.63, 3.8) is 0 Å². The molecule has 6 nitrogen and oxygen atoms in total. The van der Waals surface area contributed by atoms with E-state index in [-0.39, 0.29) is 18.2 Å². The molecule has 0 aromatic rings. The van der Waals surface area contributed by atoms with E-state index in [0.29, 0.717) is 6.54 Å². The van der Waals surface area contributed by atoms with Gasteiger partial charge in [0.25, 0.3) is 0 Å². The van der Waals surface area contributed by atoms with Gasteiger partial charge in [-0.15, -0.1) is 0 Å². The number of rotatable bonds is 8. The Morgan fingerprint density at radius 1 is 1.33 bits per heavy atom. The van der Waals surface area contributed by atoms with Crippen LogP contribution >= 0.6 is 0 Å². The molecule has 1 rings (SSSR count). The van der Waals surface area contributed by atoms with Gasteiger partial charge >= 0.3 is 5.97 Å².